The summed E-state index contributed by atoms with van der Waals surface area (Å²) >= 11 is 6.13. The van der Waals surface area contributed by atoms with Gasteiger partial charge in [-0.1, -0.05) is 61.0 Å². The molecule has 250 valence electrons. The zero-order valence-corrected chi connectivity index (χ0v) is 27.3. The van der Waals surface area contributed by atoms with Crippen molar-refractivity contribution in [3.8, 4) is 0 Å². The van der Waals surface area contributed by atoms with Crippen molar-refractivity contribution in [3.63, 3.8) is 0 Å². The van der Waals surface area contributed by atoms with E-state index in [1.165, 1.54) is 9.80 Å². The van der Waals surface area contributed by atoms with Gasteiger partial charge >= 0.3 is 5.97 Å². The maximum absolute atomic E-state index is 14.6. The summed E-state index contributed by atoms with van der Waals surface area (Å²) in [5.74, 6) is -3.45. The van der Waals surface area contributed by atoms with Crippen molar-refractivity contribution in [1.29, 1.82) is 0 Å². The topological polar surface area (TPSA) is 125 Å². The molecule has 10 nitrogen and oxygen atoms in total. The first-order valence-corrected chi connectivity index (χ1v) is 16.5. The smallest absolute Gasteiger partial charge is 0.306 e. The molecule has 5 rings (SSSR count). The number of hydrogen-bond donors (Lipinski definition) is 2. The monoisotopic (exact) mass is 663 g/mol. The minimum Gasteiger partial charge on any atom is -0.463 e. The molecule has 1 spiro atoms. The summed E-state index contributed by atoms with van der Waals surface area (Å²) in [5.41, 5.74) is 0.0333. The Morgan fingerprint density at radius 3 is 2.53 bits per heavy atom. The zero-order valence-electron chi connectivity index (χ0n) is 26.6. The van der Waals surface area contributed by atoms with Gasteiger partial charge in [-0.25, -0.2) is 0 Å². The molecule has 0 aromatic heterocycles. The van der Waals surface area contributed by atoms with E-state index in [1.807, 2.05) is 37.3 Å². The number of amides is 3. The van der Waals surface area contributed by atoms with Gasteiger partial charge in [0.25, 0.3) is 5.91 Å². The van der Waals surface area contributed by atoms with E-state index in [0.29, 0.717) is 36.4 Å². The number of aliphatic hydroxyl groups is 1. The number of aliphatic hydroxyl groups excluding tert-OH is 1. The molecule has 2 aromatic rings. The predicted octanol–water partition coefficient (Wildman–Crippen LogP) is 4.37. The largest absolute Gasteiger partial charge is 0.463 e. The lowest BCUT2D eigenvalue weighted by atomic mass is 9.70. The highest BCUT2D eigenvalue weighted by Gasteiger charge is 2.75. The van der Waals surface area contributed by atoms with Crippen LogP contribution in [0.15, 0.2) is 79.9 Å². The number of anilines is 1. The molecule has 11 heteroatoms. The molecule has 3 aliphatic rings. The van der Waals surface area contributed by atoms with Crippen molar-refractivity contribution < 1.29 is 33.8 Å². The van der Waals surface area contributed by atoms with Crippen LogP contribution in [0.1, 0.15) is 50.6 Å². The SMILES string of the molecule is C=CCCC(=O)OC[C@H](NC(=O)[C@@H]1[C@H]2C(=O)N([C@@H](CC)CO)[C@H](C(=O)N(CC=C)c3ccc(Cl)cc3)[C@]23CC[C@H]1O3)c1ccccc1. The summed E-state index contributed by atoms with van der Waals surface area (Å²) < 4.78 is 12.1. The van der Waals surface area contributed by atoms with E-state index in [2.05, 4.69) is 18.5 Å². The second-order valence-electron chi connectivity index (χ2n) is 12.2. The Bertz CT molecular complexity index is 1480. The van der Waals surface area contributed by atoms with Crippen molar-refractivity contribution in [1.82, 2.24) is 10.2 Å². The van der Waals surface area contributed by atoms with Crippen molar-refractivity contribution >= 4 is 41.0 Å². The average molecular weight is 664 g/mol. The molecular weight excluding hydrogens is 622 g/mol. The van der Waals surface area contributed by atoms with Gasteiger partial charge in [-0.3, -0.25) is 19.2 Å². The first kappa shape index (κ1) is 34.3. The van der Waals surface area contributed by atoms with E-state index < -0.39 is 59.5 Å². The van der Waals surface area contributed by atoms with Gasteiger partial charge in [-0.2, -0.15) is 0 Å². The Balaban J connectivity index is 1.47. The molecule has 0 radical (unpaired) electrons. The van der Waals surface area contributed by atoms with Crippen molar-refractivity contribution in [3.05, 3.63) is 90.5 Å². The molecule has 3 saturated heterocycles. The third-order valence-corrected chi connectivity index (χ3v) is 9.80. The number of carbonyl (C=O) groups is 4. The van der Waals surface area contributed by atoms with E-state index in [9.17, 15) is 24.3 Å². The molecule has 0 aliphatic carbocycles. The highest BCUT2D eigenvalue weighted by Crippen LogP contribution is 2.59. The number of nitrogens with one attached hydrogen (secondary N) is 1. The van der Waals surface area contributed by atoms with Crippen LogP contribution in [-0.2, 0) is 28.7 Å². The molecule has 0 saturated carbocycles. The van der Waals surface area contributed by atoms with E-state index in [-0.39, 0.29) is 32.1 Å². The predicted molar refractivity (Wildman–Crippen MR) is 177 cm³/mol. The minimum absolute atomic E-state index is 0.0962. The summed E-state index contributed by atoms with van der Waals surface area (Å²) in [7, 11) is 0. The fourth-order valence-electron chi connectivity index (χ4n) is 7.34. The van der Waals surface area contributed by atoms with E-state index in [1.54, 1.807) is 36.4 Å². The van der Waals surface area contributed by atoms with Crippen LogP contribution in [0.25, 0.3) is 0 Å². The first-order chi connectivity index (χ1) is 22.7. The second kappa shape index (κ2) is 14.8. The van der Waals surface area contributed by atoms with Crippen molar-refractivity contribution in [2.45, 2.75) is 68.9 Å². The first-order valence-electron chi connectivity index (χ1n) is 16.1. The van der Waals surface area contributed by atoms with Gasteiger partial charge in [0.05, 0.1) is 36.6 Å². The third-order valence-electron chi connectivity index (χ3n) is 9.55. The number of hydrogen-bond acceptors (Lipinski definition) is 7. The Labute approximate surface area is 280 Å². The zero-order chi connectivity index (χ0) is 33.7. The van der Waals surface area contributed by atoms with Crippen LogP contribution < -0.4 is 10.2 Å². The molecule has 2 N–H and O–H groups in total. The number of fused-ring (bicyclic) bond motifs is 1. The fraction of sp³-hybridized carbons (Fsp3) is 0.444. The van der Waals surface area contributed by atoms with E-state index in [4.69, 9.17) is 21.1 Å². The van der Waals surface area contributed by atoms with E-state index in [0.717, 1.165) is 5.56 Å². The Morgan fingerprint density at radius 1 is 1.17 bits per heavy atom. The third kappa shape index (κ3) is 6.59. The van der Waals surface area contributed by atoms with Gasteiger partial charge in [0.1, 0.15) is 18.2 Å². The van der Waals surface area contributed by atoms with Crippen LogP contribution in [0.3, 0.4) is 0 Å². The summed E-state index contributed by atoms with van der Waals surface area (Å²) in [4.78, 5) is 58.6. The van der Waals surface area contributed by atoms with Crippen molar-refractivity contribution in [2.75, 3.05) is 24.7 Å². The molecule has 3 fully saturated rings. The van der Waals surface area contributed by atoms with Gasteiger partial charge in [0.2, 0.25) is 11.8 Å². The second-order valence-corrected chi connectivity index (χ2v) is 12.7. The maximum Gasteiger partial charge on any atom is 0.306 e. The molecule has 47 heavy (non-hydrogen) atoms. The van der Waals surface area contributed by atoms with Crippen LogP contribution in [0.4, 0.5) is 5.69 Å². The molecule has 3 amide bonds. The standard InChI is InChI=1S/C36H42ClN3O7/c1-4-7-13-29(42)46-22-27(23-11-9-8-10-12-23)38-33(43)30-28-18-19-36(47-28)31(30)34(44)40(25(6-3)21-41)32(36)35(45)39(20-5-2)26-16-14-24(37)15-17-26/h4-5,8-12,14-17,25,27-28,30-32,41H,1-2,6-7,13,18-22H2,3H3,(H,38,43)/t25-,27-,28+,30-,31-,32+,36-/m0/s1. The van der Waals surface area contributed by atoms with Gasteiger partial charge in [0.15, 0.2) is 0 Å². The molecular formula is C36H42ClN3O7. The van der Waals surface area contributed by atoms with Gasteiger partial charge in [-0.15, -0.1) is 13.2 Å². The number of esters is 1. The number of ether oxygens (including phenoxy) is 2. The number of halogens is 1. The molecule has 7 atom stereocenters. The van der Waals surface area contributed by atoms with Gasteiger partial charge in [0, 0.05) is 23.7 Å². The minimum atomic E-state index is -1.27. The Morgan fingerprint density at radius 2 is 1.89 bits per heavy atom. The highest BCUT2D eigenvalue weighted by molar-refractivity contribution is 6.30. The Kier molecular flexibility index (Phi) is 10.8. The summed E-state index contributed by atoms with van der Waals surface area (Å²) in [5, 5.41) is 13.9. The summed E-state index contributed by atoms with van der Waals surface area (Å²) in [6, 6.07) is 13.6. The molecule has 0 unspecified atom stereocenters. The van der Waals surface area contributed by atoms with E-state index >= 15 is 0 Å². The molecule has 2 aromatic carbocycles. The van der Waals surface area contributed by atoms with Crippen LogP contribution in [0.5, 0.6) is 0 Å². The van der Waals surface area contributed by atoms with Crippen LogP contribution in [-0.4, -0.2) is 77.2 Å². The van der Waals surface area contributed by atoms with Crippen LogP contribution in [0, 0.1) is 11.8 Å². The number of benzene rings is 2. The Hall–Kier alpha value is -3.99. The fourth-order valence-corrected chi connectivity index (χ4v) is 7.47. The number of rotatable bonds is 15. The quantitative estimate of drug-likeness (QED) is 0.214. The average Bonchev–Trinajstić information content (AvgIpc) is 3.73. The van der Waals surface area contributed by atoms with Gasteiger partial charge in [-0.05, 0) is 55.5 Å². The summed E-state index contributed by atoms with van der Waals surface area (Å²) in [6.07, 6.45) is 4.56. The molecule has 2 bridgehead atoms. The van der Waals surface area contributed by atoms with Crippen LogP contribution in [0.2, 0.25) is 5.02 Å². The maximum atomic E-state index is 14.6. The summed E-state index contributed by atoms with van der Waals surface area (Å²) in [6.45, 7) is 9.02. The normalized spacial score (nSPS) is 25.5. The molecule has 3 aliphatic heterocycles. The lowest BCUT2D eigenvalue weighted by Crippen LogP contribution is -2.59. The van der Waals surface area contributed by atoms with Crippen molar-refractivity contribution in [2.24, 2.45) is 11.8 Å². The highest BCUT2D eigenvalue weighted by atomic mass is 35.5. The number of allylic oxidation sites excluding steroid dienone is 1. The number of nitrogens with zero attached hydrogens (tertiary/aromatic N) is 2. The van der Waals surface area contributed by atoms with Gasteiger partial charge < -0.3 is 29.7 Å². The number of carbonyl (C=O) groups excluding carboxylic acids is 4. The molecule has 3 heterocycles. The lowest BCUT2D eigenvalue weighted by Gasteiger charge is -2.39. The number of likely N-dealkylation sites (tertiary alicyclic amines) is 1. The van der Waals surface area contributed by atoms with Crippen LogP contribution >= 0.6 is 11.6 Å². The lowest BCUT2D eigenvalue weighted by molar-refractivity contribution is -0.146.